The van der Waals surface area contributed by atoms with Gasteiger partial charge in [0.2, 0.25) is 0 Å². The van der Waals surface area contributed by atoms with Gasteiger partial charge < -0.3 is 14.8 Å². The van der Waals surface area contributed by atoms with Crippen LogP contribution in [0.1, 0.15) is 0 Å². The van der Waals surface area contributed by atoms with Crippen LogP contribution in [-0.4, -0.2) is 63.9 Å². The minimum atomic E-state index is -4.72. The number of hydrogen-bond donors (Lipinski definition) is 1. The van der Waals surface area contributed by atoms with Crippen LogP contribution in [0.25, 0.3) is 11.3 Å². The second-order valence-corrected chi connectivity index (χ2v) is 6.93. The van der Waals surface area contributed by atoms with Gasteiger partial charge in [-0.15, -0.1) is 13.2 Å². The highest BCUT2D eigenvalue weighted by molar-refractivity contribution is 5.64. The monoisotopic (exact) mass is 434 g/mol. The first-order valence-electron chi connectivity index (χ1n) is 9.72. The van der Waals surface area contributed by atoms with E-state index in [2.05, 4.69) is 30.0 Å². The van der Waals surface area contributed by atoms with Crippen molar-refractivity contribution in [2.75, 3.05) is 38.2 Å². The van der Waals surface area contributed by atoms with Crippen LogP contribution in [0.3, 0.4) is 0 Å². The third-order valence-corrected chi connectivity index (χ3v) is 4.71. The normalized spacial score (nSPS) is 15.1. The number of rotatable bonds is 7. The fourth-order valence-electron chi connectivity index (χ4n) is 3.16. The quantitative estimate of drug-likeness (QED) is 0.611. The van der Waals surface area contributed by atoms with Gasteiger partial charge in [-0.25, -0.2) is 9.97 Å². The molecule has 4 rings (SSSR count). The molecule has 1 aliphatic rings. The maximum atomic E-state index is 12.3. The van der Waals surface area contributed by atoms with Gasteiger partial charge in [-0.3, -0.25) is 9.58 Å². The predicted molar refractivity (Wildman–Crippen MR) is 107 cm³/mol. The van der Waals surface area contributed by atoms with Gasteiger partial charge >= 0.3 is 6.36 Å². The highest BCUT2D eigenvalue weighted by Gasteiger charge is 2.30. The molecule has 2 aromatic heterocycles. The van der Waals surface area contributed by atoms with Crippen LogP contribution in [0, 0.1) is 0 Å². The molecule has 0 radical (unpaired) electrons. The van der Waals surface area contributed by atoms with Gasteiger partial charge in [0, 0.05) is 43.1 Å². The van der Waals surface area contributed by atoms with Gasteiger partial charge in [0.1, 0.15) is 17.9 Å². The highest BCUT2D eigenvalue weighted by Crippen LogP contribution is 2.26. The molecule has 0 aliphatic carbocycles. The molecule has 1 aliphatic heterocycles. The van der Waals surface area contributed by atoms with Crippen molar-refractivity contribution < 1.29 is 22.6 Å². The van der Waals surface area contributed by atoms with Crippen LogP contribution >= 0.6 is 0 Å². The predicted octanol–water partition coefficient (Wildman–Crippen LogP) is 3.31. The third-order valence-electron chi connectivity index (χ3n) is 4.71. The van der Waals surface area contributed by atoms with Crippen LogP contribution < -0.4 is 10.1 Å². The fourth-order valence-corrected chi connectivity index (χ4v) is 3.16. The summed E-state index contributed by atoms with van der Waals surface area (Å²) < 4.78 is 47.9. The second-order valence-electron chi connectivity index (χ2n) is 6.93. The topological polar surface area (TPSA) is 77.3 Å². The van der Waals surface area contributed by atoms with E-state index in [-0.39, 0.29) is 5.75 Å². The summed E-state index contributed by atoms with van der Waals surface area (Å²) in [7, 11) is 0. The number of nitrogens with zero attached hydrogens (tertiary/aromatic N) is 5. The average molecular weight is 434 g/mol. The SMILES string of the molecule is FC(F)(F)Oc1ccc(Nc2cc(-c3cnn(CCN4CCOCC4)c3)ncn2)cc1. The molecular formula is C20H21F3N6O2. The van der Waals surface area contributed by atoms with Gasteiger partial charge in [0.15, 0.2) is 0 Å². The van der Waals surface area contributed by atoms with Crippen LogP contribution in [-0.2, 0) is 11.3 Å². The Labute approximate surface area is 176 Å². The molecule has 164 valence electrons. The molecule has 0 spiro atoms. The van der Waals surface area contributed by atoms with Gasteiger partial charge in [-0.1, -0.05) is 0 Å². The standard InChI is InChI=1S/C20H21F3N6O2/c21-20(22,23)31-17-3-1-16(2-4-17)27-19-11-18(24-14-25-19)15-12-26-29(13-15)6-5-28-7-9-30-10-8-28/h1-4,11-14H,5-10H2,(H,24,25,27). The average Bonchev–Trinajstić information content (AvgIpc) is 3.23. The Balaban J connectivity index is 1.37. The van der Waals surface area contributed by atoms with Crippen molar-refractivity contribution in [3.63, 3.8) is 0 Å². The molecule has 31 heavy (non-hydrogen) atoms. The summed E-state index contributed by atoms with van der Waals surface area (Å²) >= 11 is 0. The fraction of sp³-hybridized carbons (Fsp3) is 0.350. The molecule has 3 aromatic rings. The Morgan fingerprint density at radius 1 is 1.06 bits per heavy atom. The van der Waals surface area contributed by atoms with Gasteiger partial charge in [-0.05, 0) is 24.3 Å². The molecule has 3 heterocycles. The van der Waals surface area contributed by atoms with E-state index in [1.165, 1.54) is 30.6 Å². The lowest BCUT2D eigenvalue weighted by atomic mass is 10.2. The van der Waals surface area contributed by atoms with Gasteiger partial charge in [-0.2, -0.15) is 5.10 Å². The third kappa shape index (κ3) is 6.15. The number of halogens is 3. The molecular weight excluding hydrogens is 413 g/mol. The summed E-state index contributed by atoms with van der Waals surface area (Å²) in [5, 5.41) is 7.45. The minimum Gasteiger partial charge on any atom is -0.406 e. The van der Waals surface area contributed by atoms with E-state index in [1.54, 1.807) is 12.3 Å². The molecule has 0 amide bonds. The molecule has 1 aromatic carbocycles. The van der Waals surface area contributed by atoms with E-state index in [1.807, 2.05) is 10.9 Å². The smallest absolute Gasteiger partial charge is 0.406 e. The first-order chi connectivity index (χ1) is 14.9. The number of ether oxygens (including phenoxy) is 2. The molecule has 0 bridgehead atoms. The number of morpholine rings is 1. The zero-order valence-electron chi connectivity index (χ0n) is 16.5. The van der Waals surface area contributed by atoms with Crippen molar-refractivity contribution in [3.8, 4) is 17.0 Å². The van der Waals surface area contributed by atoms with Crippen LogP contribution in [0.15, 0.2) is 49.1 Å². The Hall–Kier alpha value is -3.18. The number of aromatic nitrogens is 4. The molecule has 0 atom stereocenters. The zero-order valence-corrected chi connectivity index (χ0v) is 16.5. The van der Waals surface area contributed by atoms with E-state index in [0.717, 1.165) is 45.0 Å². The van der Waals surface area contributed by atoms with Crippen molar-refractivity contribution in [2.24, 2.45) is 0 Å². The summed E-state index contributed by atoms with van der Waals surface area (Å²) in [6.07, 6.45) is 0.373. The van der Waals surface area contributed by atoms with Crippen LogP contribution in [0.4, 0.5) is 24.7 Å². The first-order valence-corrected chi connectivity index (χ1v) is 9.72. The number of alkyl halides is 3. The van der Waals surface area contributed by atoms with Crippen molar-refractivity contribution in [3.05, 3.63) is 49.1 Å². The molecule has 1 saturated heterocycles. The summed E-state index contributed by atoms with van der Waals surface area (Å²) in [5.74, 6) is 0.224. The molecule has 11 heteroatoms. The maximum Gasteiger partial charge on any atom is 0.573 e. The summed E-state index contributed by atoms with van der Waals surface area (Å²) in [5.41, 5.74) is 2.11. The van der Waals surface area contributed by atoms with Crippen LogP contribution in [0.2, 0.25) is 0 Å². The Bertz CT molecular complexity index is 987. The summed E-state index contributed by atoms with van der Waals surface area (Å²) in [6.45, 7) is 5.05. The van der Waals surface area contributed by atoms with E-state index in [0.29, 0.717) is 17.2 Å². The van der Waals surface area contributed by atoms with Crippen molar-refractivity contribution in [1.82, 2.24) is 24.6 Å². The van der Waals surface area contributed by atoms with Gasteiger partial charge in [0.05, 0.1) is 31.6 Å². The Morgan fingerprint density at radius 3 is 2.58 bits per heavy atom. The second kappa shape index (κ2) is 9.31. The first kappa shape index (κ1) is 21.1. The van der Waals surface area contributed by atoms with Crippen molar-refractivity contribution in [2.45, 2.75) is 12.9 Å². The minimum absolute atomic E-state index is 0.286. The lowest BCUT2D eigenvalue weighted by Crippen LogP contribution is -2.38. The maximum absolute atomic E-state index is 12.3. The molecule has 0 saturated carbocycles. The summed E-state index contributed by atoms with van der Waals surface area (Å²) in [4.78, 5) is 10.8. The highest BCUT2D eigenvalue weighted by atomic mass is 19.4. The Kier molecular flexibility index (Phi) is 6.33. The number of nitrogens with one attached hydrogen (secondary N) is 1. The van der Waals surface area contributed by atoms with Gasteiger partial charge in [0.25, 0.3) is 0 Å². The number of benzene rings is 1. The van der Waals surface area contributed by atoms with E-state index >= 15 is 0 Å². The lowest BCUT2D eigenvalue weighted by molar-refractivity contribution is -0.274. The largest absolute Gasteiger partial charge is 0.573 e. The van der Waals surface area contributed by atoms with E-state index in [9.17, 15) is 13.2 Å². The molecule has 1 fully saturated rings. The molecule has 0 unspecified atom stereocenters. The number of anilines is 2. The summed E-state index contributed by atoms with van der Waals surface area (Å²) in [6, 6.07) is 7.18. The lowest BCUT2D eigenvalue weighted by Gasteiger charge is -2.26. The molecule has 1 N–H and O–H groups in total. The van der Waals surface area contributed by atoms with Crippen LogP contribution in [0.5, 0.6) is 5.75 Å². The number of hydrogen-bond acceptors (Lipinski definition) is 7. The van der Waals surface area contributed by atoms with Crippen molar-refractivity contribution >= 4 is 11.5 Å². The molecule has 8 nitrogen and oxygen atoms in total. The Morgan fingerprint density at radius 2 is 1.84 bits per heavy atom. The van der Waals surface area contributed by atoms with E-state index < -0.39 is 6.36 Å². The zero-order chi connectivity index (χ0) is 21.7. The van der Waals surface area contributed by atoms with E-state index in [4.69, 9.17) is 4.74 Å². The van der Waals surface area contributed by atoms with Crippen molar-refractivity contribution in [1.29, 1.82) is 0 Å².